The van der Waals surface area contributed by atoms with Gasteiger partial charge in [0.2, 0.25) is 0 Å². The Hall–Kier alpha value is -1.77. The van der Waals surface area contributed by atoms with Crippen molar-refractivity contribution in [2.75, 3.05) is 7.11 Å². The van der Waals surface area contributed by atoms with Crippen molar-refractivity contribution in [3.8, 4) is 11.5 Å². The smallest absolute Gasteiger partial charge is 0.162 e. The van der Waals surface area contributed by atoms with Gasteiger partial charge in [-0.1, -0.05) is 12.1 Å². The molecule has 1 aliphatic rings. The first-order valence-corrected chi connectivity index (χ1v) is 6.30. The lowest BCUT2D eigenvalue weighted by atomic mass is 10.2. The predicted molar refractivity (Wildman–Crippen MR) is 71.0 cm³/mol. The largest absolute Gasteiger partial charge is 0.493 e. The van der Waals surface area contributed by atoms with E-state index in [0.29, 0.717) is 6.10 Å². The van der Waals surface area contributed by atoms with E-state index in [0.717, 1.165) is 36.2 Å². The first-order valence-electron chi connectivity index (χ1n) is 6.30. The van der Waals surface area contributed by atoms with Gasteiger partial charge in [-0.3, -0.25) is 4.79 Å². The summed E-state index contributed by atoms with van der Waals surface area (Å²) in [6, 6.07) is 5.69. The van der Waals surface area contributed by atoms with E-state index in [1.54, 1.807) is 13.2 Å². The fraction of sp³-hybridized carbons (Fsp3) is 0.400. The molecule has 0 unspecified atom stereocenters. The lowest BCUT2D eigenvalue weighted by Gasteiger charge is -2.16. The van der Waals surface area contributed by atoms with Crippen molar-refractivity contribution in [2.24, 2.45) is 0 Å². The number of benzene rings is 1. The van der Waals surface area contributed by atoms with E-state index >= 15 is 0 Å². The molecule has 0 atom stereocenters. The van der Waals surface area contributed by atoms with E-state index in [9.17, 15) is 4.79 Å². The summed E-state index contributed by atoms with van der Waals surface area (Å²) in [6.45, 7) is 0. The van der Waals surface area contributed by atoms with Crippen LogP contribution in [-0.4, -0.2) is 19.5 Å². The van der Waals surface area contributed by atoms with Crippen molar-refractivity contribution in [3.05, 3.63) is 29.8 Å². The molecule has 0 radical (unpaired) electrons. The number of ether oxygens (including phenoxy) is 2. The summed E-state index contributed by atoms with van der Waals surface area (Å²) in [7, 11) is 1.64. The standard InChI is InChI=1S/C15H18O3/c1-17-14-9-8-12(5-4-10-16)11-15(14)18-13-6-2-3-7-13/h4-5,8-11,13H,2-3,6-7H2,1H3/b5-4+. The third kappa shape index (κ3) is 3.13. The van der Waals surface area contributed by atoms with Crippen molar-refractivity contribution < 1.29 is 14.3 Å². The van der Waals surface area contributed by atoms with Gasteiger partial charge in [-0.2, -0.15) is 0 Å². The number of aldehydes is 1. The third-order valence-corrected chi connectivity index (χ3v) is 3.15. The van der Waals surface area contributed by atoms with Crippen molar-refractivity contribution in [2.45, 2.75) is 31.8 Å². The van der Waals surface area contributed by atoms with Crippen LogP contribution in [-0.2, 0) is 4.79 Å². The molecule has 1 aromatic carbocycles. The van der Waals surface area contributed by atoms with Gasteiger partial charge >= 0.3 is 0 Å². The molecule has 1 aliphatic carbocycles. The molecular formula is C15H18O3. The maximum Gasteiger partial charge on any atom is 0.162 e. The molecule has 3 nitrogen and oxygen atoms in total. The van der Waals surface area contributed by atoms with E-state index in [2.05, 4.69) is 0 Å². The molecule has 2 rings (SSSR count). The second-order valence-corrected chi connectivity index (χ2v) is 4.43. The maximum absolute atomic E-state index is 10.3. The van der Waals surface area contributed by atoms with Crippen LogP contribution in [0.5, 0.6) is 11.5 Å². The molecule has 0 amide bonds. The Bertz CT molecular complexity index is 431. The van der Waals surface area contributed by atoms with E-state index in [4.69, 9.17) is 9.47 Å². The Morgan fingerprint density at radius 1 is 1.22 bits per heavy atom. The van der Waals surface area contributed by atoms with Crippen molar-refractivity contribution >= 4 is 12.4 Å². The quantitative estimate of drug-likeness (QED) is 0.591. The average Bonchev–Trinajstić information content (AvgIpc) is 2.89. The average molecular weight is 246 g/mol. The molecule has 0 bridgehead atoms. The minimum absolute atomic E-state index is 0.296. The molecule has 0 aliphatic heterocycles. The number of carbonyl (C=O) groups excluding carboxylic acids is 1. The summed E-state index contributed by atoms with van der Waals surface area (Å²) in [5, 5.41) is 0. The van der Waals surface area contributed by atoms with Crippen molar-refractivity contribution in [1.29, 1.82) is 0 Å². The Morgan fingerprint density at radius 2 is 2.00 bits per heavy atom. The van der Waals surface area contributed by atoms with Gasteiger partial charge in [0, 0.05) is 0 Å². The summed E-state index contributed by atoms with van der Waals surface area (Å²) in [6.07, 6.45) is 8.98. The zero-order chi connectivity index (χ0) is 12.8. The number of allylic oxidation sites excluding steroid dienone is 1. The van der Waals surface area contributed by atoms with E-state index in [1.807, 2.05) is 18.2 Å². The Labute approximate surface area is 107 Å². The fourth-order valence-corrected chi connectivity index (χ4v) is 2.23. The van der Waals surface area contributed by atoms with Gasteiger partial charge in [0.15, 0.2) is 11.5 Å². The number of rotatable bonds is 5. The van der Waals surface area contributed by atoms with Crippen LogP contribution in [0.4, 0.5) is 0 Å². The van der Waals surface area contributed by atoms with E-state index < -0.39 is 0 Å². The highest BCUT2D eigenvalue weighted by molar-refractivity contribution is 5.74. The fourth-order valence-electron chi connectivity index (χ4n) is 2.23. The number of methoxy groups -OCH3 is 1. The molecule has 0 aromatic heterocycles. The summed E-state index contributed by atoms with van der Waals surface area (Å²) in [5.74, 6) is 1.50. The van der Waals surface area contributed by atoms with Gasteiger partial charge in [-0.15, -0.1) is 0 Å². The van der Waals surface area contributed by atoms with Gasteiger partial charge in [0.05, 0.1) is 13.2 Å². The number of hydrogen-bond acceptors (Lipinski definition) is 3. The van der Waals surface area contributed by atoms with Crippen LogP contribution in [0, 0.1) is 0 Å². The lowest BCUT2D eigenvalue weighted by Crippen LogP contribution is -2.11. The van der Waals surface area contributed by atoms with Crippen LogP contribution in [0.25, 0.3) is 6.08 Å². The molecule has 96 valence electrons. The topological polar surface area (TPSA) is 35.5 Å². The second kappa shape index (κ2) is 6.24. The Morgan fingerprint density at radius 3 is 2.67 bits per heavy atom. The van der Waals surface area contributed by atoms with Gasteiger partial charge < -0.3 is 9.47 Å². The van der Waals surface area contributed by atoms with Crippen LogP contribution in [0.3, 0.4) is 0 Å². The molecule has 0 N–H and O–H groups in total. The SMILES string of the molecule is COc1ccc(/C=C/C=O)cc1OC1CCCC1. The molecule has 1 fully saturated rings. The summed E-state index contributed by atoms with van der Waals surface area (Å²) < 4.78 is 11.3. The minimum atomic E-state index is 0.296. The highest BCUT2D eigenvalue weighted by Crippen LogP contribution is 2.32. The van der Waals surface area contributed by atoms with Gasteiger partial charge in [0.25, 0.3) is 0 Å². The summed E-state index contributed by atoms with van der Waals surface area (Å²) in [4.78, 5) is 10.3. The van der Waals surface area contributed by atoms with Crippen molar-refractivity contribution in [3.63, 3.8) is 0 Å². The normalized spacial score (nSPS) is 16.1. The van der Waals surface area contributed by atoms with Gasteiger partial charge in [-0.05, 0) is 49.5 Å². The van der Waals surface area contributed by atoms with Gasteiger partial charge in [0.1, 0.15) is 6.29 Å². The molecular weight excluding hydrogens is 228 g/mol. The van der Waals surface area contributed by atoms with Crippen LogP contribution >= 0.6 is 0 Å². The molecule has 0 heterocycles. The number of hydrogen-bond donors (Lipinski definition) is 0. The van der Waals surface area contributed by atoms with Crippen LogP contribution in [0.1, 0.15) is 31.2 Å². The van der Waals surface area contributed by atoms with E-state index in [1.165, 1.54) is 18.9 Å². The molecule has 1 aromatic rings. The summed E-state index contributed by atoms with van der Waals surface area (Å²) in [5.41, 5.74) is 0.941. The molecule has 3 heteroatoms. The zero-order valence-corrected chi connectivity index (χ0v) is 10.6. The molecule has 0 saturated heterocycles. The zero-order valence-electron chi connectivity index (χ0n) is 10.6. The Kier molecular flexibility index (Phi) is 4.40. The number of carbonyl (C=O) groups is 1. The first kappa shape index (κ1) is 12.7. The molecule has 0 spiro atoms. The summed E-state index contributed by atoms with van der Waals surface area (Å²) >= 11 is 0. The molecule has 18 heavy (non-hydrogen) atoms. The van der Waals surface area contributed by atoms with Gasteiger partial charge in [-0.25, -0.2) is 0 Å². The van der Waals surface area contributed by atoms with Crippen molar-refractivity contribution in [1.82, 2.24) is 0 Å². The third-order valence-electron chi connectivity index (χ3n) is 3.15. The highest BCUT2D eigenvalue weighted by Gasteiger charge is 2.18. The predicted octanol–water partition coefficient (Wildman–Crippen LogP) is 3.23. The minimum Gasteiger partial charge on any atom is -0.493 e. The maximum atomic E-state index is 10.3. The van der Waals surface area contributed by atoms with Crippen LogP contribution in [0.15, 0.2) is 24.3 Å². The lowest BCUT2D eigenvalue weighted by molar-refractivity contribution is -0.104. The molecule has 1 saturated carbocycles. The van der Waals surface area contributed by atoms with E-state index in [-0.39, 0.29) is 0 Å². The van der Waals surface area contributed by atoms with Crippen LogP contribution in [0.2, 0.25) is 0 Å². The second-order valence-electron chi connectivity index (χ2n) is 4.43. The highest BCUT2D eigenvalue weighted by atomic mass is 16.5. The monoisotopic (exact) mass is 246 g/mol. The first-order chi connectivity index (χ1) is 8.83. The van der Waals surface area contributed by atoms with Crippen LogP contribution < -0.4 is 9.47 Å². The Balaban J connectivity index is 2.18.